The van der Waals surface area contributed by atoms with Crippen molar-refractivity contribution in [3.8, 4) is 11.5 Å². The molecule has 0 saturated carbocycles. The van der Waals surface area contributed by atoms with Crippen molar-refractivity contribution in [1.29, 1.82) is 0 Å². The second-order valence-electron chi connectivity index (χ2n) is 6.12. The number of carbonyl (C=O) groups excluding carboxylic acids is 1. The summed E-state index contributed by atoms with van der Waals surface area (Å²) in [5, 5.41) is 2.78. The molecule has 0 bridgehead atoms. The Hall–Kier alpha value is -3.32. The van der Waals surface area contributed by atoms with E-state index in [1.165, 1.54) is 22.0 Å². The van der Waals surface area contributed by atoms with Crippen LogP contribution in [0.5, 0.6) is 11.5 Å². The Morgan fingerprint density at radius 3 is 2.55 bits per heavy atom. The zero-order chi connectivity index (χ0) is 20.8. The third-order valence-corrected chi connectivity index (χ3v) is 5.30. The maximum Gasteiger partial charge on any atom is 0.268 e. The van der Waals surface area contributed by atoms with Crippen LogP contribution >= 0.6 is 11.3 Å². The fraction of sp³-hybridized carbons (Fsp3) is 0.182. The van der Waals surface area contributed by atoms with Gasteiger partial charge in [-0.2, -0.15) is 0 Å². The molecule has 1 N–H and O–H groups in total. The van der Waals surface area contributed by atoms with E-state index in [4.69, 9.17) is 9.47 Å². The van der Waals surface area contributed by atoms with Gasteiger partial charge >= 0.3 is 0 Å². The molecule has 0 spiro atoms. The van der Waals surface area contributed by atoms with Crippen molar-refractivity contribution in [3.63, 3.8) is 0 Å². The SMILES string of the molecule is CCOc1ccccc1/C=c1\s/c(=C\C(=O)Nc2ccccc2OC)n(C)c1=O. The van der Waals surface area contributed by atoms with Crippen LogP contribution < -0.4 is 29.5 Å². The zero-order valence-electron chi connectivity index (χ0n) is 16.5. The van der Waals surface area contributed by atoms with Gasteiger partial charge in [0.2, 0.25) is 0 Å². The second kappa shape index (κ2) is 9.25. The van der Waals surface area contributed by atoms with Crippen LogP contribution in [0.3, 0.4) is 0 Å². The molecule has 0 fully saturated rings. The Labute approximate surface area is 172 Å². The van der Waals surface area contributed by atoms with Crippen LogP contribution in [0.1, 0.15) is 12.5 Å². The van der Waals surface area contributed by atoms with E-state index in [0.717, 1.165) is 5.56 Å². The number of nitrogens with zero attached hydrogens (tertiary/aromatic N) is 1. The minimum Gasteiger partial charge on any atom is -0.495 e. The molecule has 1 aromatic heterocycles. The third-order valence-electron chi connectivity index (χ3n) is 4.19. The lowest BCUT2D eigenvalue weighted by atomic mass is 10.2. The molecule has 0 saturated heterocycles. The molecule has 0 aliphatic heterocycles. The quantitative estimate of drug-likeness (QED) is 0.676. The molecule has 1 amide bonds. The molecule has 1 heterocycles. The van der Waals surface area contributed by atoms with Gasteiger partial charge in [-0.15, -0.1) is 11.3 Å². The molecule has 7 heteroatoms. The van der Waals surface area contributed by atoms with Crippen molar-refractivity contribution in [2.45, 2.75) is 6.92 Å². The highest BCUT2D eigenvalue weighted by Crippen LogP contribution is 2.22. The number of thiazole rings is 1. The first-order valence-electron chi connectivity index (χ1n) is 9.08. The number of ether oxygens (including phenoxy) is 2. The first kappa shape index (κ1) is 20.4. The number of hydrogen-bond donors (Lipinski definition) is 1. The Bertz CT molecular complexity index is 1190. The van der Waals surface area contributed by atoms with E-state index in [0.29, 0.717) is 33.0 Å². The van der Waals surface area contributed by atoms with E-state index in [1.807, 2.05) is 43.3 Å². The number of hydrogen-bond acceptors (Lipinski definition) is 5. The molecule has 0 aliphatic carbocycles. The van der Waals surface area contributed by atoms with Gasteiger partial charge in [-0.1, -0.05) is 30.3 Å². The molecule has 29 heavy (non-hydrogen) atoms. The Kier molecular flexibility index (Phi) is 6.51. The number of methoxy groups -OCH3 is 1. The van der Waals surface area contributed by atoms with Crippen molar-refractivity contribution >= 4 is 35.1 Å². The van der Waals surface area contributed by atoms with Gasteiger partial charge in [0.05, 0.1) is 23.9 Å². The first-order valence-corrected chi connectivity index (χ1v) is 9.90. The zero-order valence-corrected chi connectivity index (χ0v) is 17.3. The number of anilines is 1. The number of aromatic nitrogens is 1. The van der Waals surface area contributed by atoms with E-state index in [1.54, 1.807) is 32.4 Å². The van der Waals surface area contributed by atoms with Crippen LogP contribution in [0.15, 0.2) is 53.3 Å². The summed E-state index contributed by atoms with van der Waals surface area (Å²) in [4.78, 5) is 25.1. The number of amides is 1. The number of rotatable bonds is 6. The molecule has 2 aromatic carbocycles. The molecule has 0 unspecified atom stereocenters. The van der Waals surface area contributed by atoms with Crippen molar-refractivity contribution in [2.24, 2.45) is 7.05 Å². The lowest BCUT2D eigenvalue weighted by Gasteiger charge is -2.07. The molecule has 150 valence electrons. The van der Waals surface area contributed by atoms with E-state index in [2.05, 4.69) is 5.32 Å². The highest BCUT2D eigenvalue weighted by atomic mass is 32.1. The Morgan fingerprint density at radius 1 is 1.14 bits per heavy atom. The van der Waals surface area contributed by atoms with Gasteiger partial charge in [0.25, 0.3) is 11.5 Å². The smallest absolute Gasteiger partial charge is 0.268 e. The summed E-state index contributed by atoms with van der Waals surface area (Å²) in [6.45, 7) is 2.45. The summed E-state index contributed by atoms with van der Waals surface area (Å²) in [5.74, 6) is 0.938. The van der Waals surface area contributed by atoms with Crippen molar-refractivity contribution in [1.82, 2.24) is 4.57 Å². The van der Waals surface area contributed by atoms with Crippen LogP contribution in [0.2, 0.25) is 0 Å². The van der Waals surface area contributed by atoms with Gasteiger partial charge in [0.15, 0.2) is 0 Å². The summed E-state index contributed by atoms with van der Waals surface area (Å²) >= 11 is 1.25. The Morgan fingerprint density at radius 2 is 1.83 bits per heavy atom. The fourth-order valence-electron chi connectivity index (χ4n) is 2.76. The van der Waals surface area contributed by atoms with E-state index in [-0.39, 0.29) is 11.5 Å². The largest absolute Gasteiger partial charge is 0.495 e. The van der Waals surface area contributed by atoms with Crippen LogP contribution in [-0.2, 0) is 11.8 Å². The average Bonchev–Trinajstić information content (AvgIpc) is 2.98. The highest BCUT2D eigenvalue weighted by Gasteiger charge is 2.07. The summed E-state index contributed by atoms with van der Waals surface area (Å²) in [5.41, 5.74) is 1.21. The van der Waals surface area contributed by atoms with Crippen molar-refractivity contribution in [2.75, 3.05) is 19.0 Å². The van der Waals surface area contributed by atoms with Gasteiger partial charge in [-0.05, 0) is 31.2 Å². The molecule has 0 radical (unpaired) electrons. The van der Waals surface area contributed by atoms with Crippen molar-refractivity contribution < 1.29 is 14.3 Å². The van der Waals surface area contributed by atoms with Crippen LogP contribution in [0.4, 0.5) is 5.69 Å². The standard InChI is InChI=1S/C22H22N2O4S/c1-4-28-17-11-7-5-9-15(17)13-19-22(26)24(2)21(29-19)14-20(25)23-16-10-6-8-12-18(16)27-3/h5-14H,4H2,1-3H3,(H,23,25)/b19-13-,21-14-. The average molecular weight is 410 g/mol. The van der Waals surface area contributed by atoms with Gasteiger partial charge < -0.3 is 19.4 Å². The Balaban J connectivity index is 1.97. The van der Waals surface area contributed by atoms with Crippen LogP contribution in [-0.4, -0.2) is 24.2 Å². The minimum absolute atomic E-state index is 0.169. The van der Waals surface area contributed by atoms with Gasteiger partial charge in [0.1, 0.15) is 16.2 Å². The van der Waals surface area contributed by atoms with Crippen molar-refractivity contribution in [3.05, 3.63) is 73.6 Å². The molecule has 0 atom stereocenters. The maximum absolute atomic E-state index is 12.6. The first-order chi connectivity index (χ1) is 14.0. The predicted molar refractivity (Wildman–Crippen MR) is 116 cm³/mol. The second-order valence-corrected chi connectivity index (χ2v) is 7.18. The summed E-state index contributed by atoms with van der Waals surface area (Å²) in [7, 11) is 3.19. The molecular formula is C22H22N2O4S. The molecule has 3 aromatic rings. The van der Waals surface area contributed by atoms with Gasteiger partial charge in [-0.25, -0.2) is 0 Å². The molecule has 6 nitrogen and oxygen atoms in total. The molecule has 3 rings (SSSR count). The topological polar surface area (TPSA) is 69.6 Å². The van der Waals surface area contributed by atoms with Gasteiger partial charge in [-0.3, -0.25) is 9.59 Å². The monoisotopic (exact) mass is 410 g/mol. The van der Waals surface area contributed by atoms with Gasteiger partial charge in [0, 0.05) is 18.7 Å². The number of nitrogens with one attached hydrogen (secondary N) is 1. The lowest BCUT2D eigenvalue weighted by molar-refractivity contribution is -0.110. The number of benzene rings is 2. The minimum atomic E-state index is -0.340. The number of carbonyl (C=O) groups is 1. The van der Waals surface area contributed by atoms with Crippen LogP contribution in [0, 0.1) is 0 Å². The molecular weight excluding hydrogens is 388 g/mol. The predicted octanol–water partition coefficient (Wildman–Crippen LogP) is 2.10. The third kappa shape index (κ3) is 4.75. The van der Waals surface area contributed by atoms with Crippen LogP contribution in [0.25, 0.3) is 12.2 Å². The number of para-hydroxylation sites is 3. The maximum atomic E-state index is 12.6. The normalized spacial score (nSPS) is 12.1. The summed E-state index contributed by atoms with van der Waals surface area (Å²) < 4.78 is 13.4. The van der Waals surface area contributed by atoms with E-state index in [9.17, 15) is 9.59 Å². The summed E-state index contributed by atoms with van der Waals surface area (Å²) in [6.07, 6.45) is 3.19. The van der Waals surface area contributed by atoms with E-state index >= 15 is 0 Å². The lowest BCUT2D eigenvalue weighted by Crippen LogP contribution is -2.29. The van der Waals surface area contributed by atoms with E-state index < -0.39 is 0 Å². The summed E-state index contributed by atoms with van der Waals surface area (Å²) in [6, 6.07) is 14.7. The fourth-order valence-corrected chi connectivity index (χ4v) is 3.79. The highest BCUT2D eigenvalue weighted by molar-refractivity contribution is 7.07. The molecule has 0 aliphatic rings.